The fourth-order valence-corrected chi connectivity index (χ4v) is 6.07. The van der Waals surface area contributed by atoms with Crippen LogP contribution in [-0.2, 0) is 14.6 Å². The number of carbonyl (C=O) groups is 2. The highest BCUT2D eigenvalue weighted by Gasteiger charge is 2.37. The number of urea groups is 1. The van der Waals surface area contributed by atoms with E-state index in [0.717, 1.165) is 17.5 Å². The summed E-state index contributed by atoms with van der Waals surface area (Å²) in [5, 5.41) is 5.46. The van der Waals surface area contributed by atoms with Crippen molar-refractivity contribution in [2.75, 3.05) is 25.0 Å². The van der Waals surface area contributed by atoms with E-state index in [9.17, 15) is 18.0 Å². The first-order valence-corrected chi connectivity index (χ1v) is 13.4. The fourth-order valence-electron chi connectivity index (χ4n) is 4.42. The van der Waals surface area contributed by atoms with E-state index in [-0.39, 0.29) is 23.1 Å². The number of hydrogen-bond acceptors (Lipinski definition) is 5. The number of aromatic nitrogens is 1. The Balaban J connectivity index is 1.53. The highest BCUT2D eigenvalue weighted by Crippen LogP contribution is 2.35. The maximum Gasteiger partial charge on any atom is 0.317 e. The molecule has 2 aliphatic rings. The smallest absolute Gasteiger partial charge is 0.317 e. The van der Waals surface area contributed by atoms with Crippen LogP contribution in [0, 0.1) is 12.8 Å². The zero-order valence-corrected chi connectivity index (χ0v) is 20.5. The van der Waals surface area contributed by atoms with Crippen molar-refractivity contribution in [3.63, 3.8) is 0 Å². The van der Waals surface area contributed by atoms with E-state index in [0.29, 0.717) is 49.6 Å². The third-order valence-corrected chi connectivity index (χ3v) is 8.80. The molecule has 0 spiro atoms. The zero-order valence-electron chi connectivity index (χ0n) is 19.7. The van der Waals surface area contributed by atoms with E-state index in [1.54, 1.807) is 41.4 Å². The summed E-state index contributed by atoms with van der Waals surface area (Å²) >= 11 is 0. The van der Waals surface area contributed by atoms with Crippen LogP contribution < -0.4 is 10.6 Å². The Labute approximate surface area is 201 Å². The SMILES string of the molecule is CCNC(=O)N1CC[C@H](CC(C(=O)Nc2ccc(C)cn2)c2ccc(S(=O)(=O)C3CC3)cc2)C1. The minimum absolute atomic E-state index is 0.0792. The van der Waals surface area contributed by atoms with Gasteiger partial charge in [0, 0.05) is 25.8 Å². The molecule has 2 aromatic rings. The molecule has 4 rings (SSSR count). The van der Waals surface area contributed by atoms with E-state index in [1.165, 1.54) is 0 Å². The van der Waals surface area contributed by atoms with Gasteiger partial charge in [-0.1, -0.05) is 18.2 Å². The van der Waals surface area contributed by atoms with Gasteiger partial charge in [-0.15, -0.1) is 0 Å². The van der Waals surface area contributed by atoms with Crippen LogP contribution in [0.3, 0.4) is 0 Å². The van der Waals surface area contributed by atoms with Gasteiger partial charge in [0.25, 0.3) is 0 Å². The lowest BCUT2D eigenvalue weighted by atomic mass is 9.87. The number of nitrogens with zero attached hydrogens (tertiary/aromatic N) is 2. The Hall–Kier alpha value is -2.94. The predicted molar refractivity (Wildman–Crippen MR) is 130 cm³/mol. The van der Waals surface area contributed by atoms with Crippen molar-refractivity contribution in [1.82, 2.24) is 15.2 Å². The summed E-state index contributed by atoms with van der Waals surface area (Å²) in [4.78, 5) is 31.9. The first-order chi connectivity index (χ1) is 16.3. The van der Waals surface area contributed by atoms with Crippen molar-refractivity contribution in [2.45, 2.75) is 55.6 Å². The molecule has 1 aromatic carbocycles. The predicted octanol–water partition coefficient (Wildman–Crippen LogP) is 3.49. The van der Waals surface area contributed by atoms with Crippen molar-refractivity contribution in [3.8, 4) is 0 Å². The van der Waals surface area contributed by atoms with Gasteiger partial charge in [0.1, 0.15) is 5.82 Å². The van der Waals surface area contributed by atoms with Gasteiger partial charge in [-0.2, -0.15) is 0 Å². The lowest BCUT2D eigenvalue weighted by molar-refractivity contribution is -0.118. The Morgan fingerprint density at radius 2 is 1.85 bits per heavy atom. The number of pyridine rings is 1. The Kier molecular flexibility index (Phi) is 7.21. The number of carbonyl (C=O) groups excluding carboxylic acids is 2. The summed E-state index contributed by atoms with van der Waals surface area (Å²) in [6, 6.07) is 10.3. The van der Waals surface area contributed by atoms with Crippen LogP contribution in [0.15, 0.2) is 47.5 Å². The van der Waals surface area contributed by atoms with Crippen LogP contribution in [0.1, 0.15) is 49.7 Å². The van der Waals surface area contributed by atoms with Gasteiger partial charge in [-0.05, 0) is 74.8 Å². The van der Waals surface area contributed by atoms with Crippen molar-refractivity contribution in [3.05, 3.63) is 53.7 Å². The molecule has 34 heavy (non-hydrogen) atoms. The van der Waals surface area contributed by atoms with Crippen LogP contribution in [0.4, 0.5) is 10.6 Å². The molecule has 2 N–H and O–H groups in total. The minimum atomic E-state index is -3.29. The number of benzene rings is 1. The molecule has 2 atom stereocenters. The summed E-state index contributed by atoms with van der Waals surface area (Å²) in [5.74, 6) is -0.0336. The van der Waals surface area contributed by atoms with Gasteiger partial charge >= 0.3 is 6.03 Å². The summed E-state index contributed by atoms with van der Waals surface area (Å²) in [5.41, 5.74) is 1.76. The van der Waals surface area contributed by atoms with Crippen LogP contribution in [0.25, 0.3) is 0 Å². The number of aryl methyl sites for hydroxylation is 1. The monoisotopic (exact) mass is 484 g/mol. The zero-order chi connectivity index (χ0) is 24.3. The normalized spacial score (nSPS) is 19.0. The van der Waals surface area contributed by atoms with Crippen molar-refractivity contribution >= 4 is 27.6 Å². The maximum atomic E-state index is 13.3. The molecule has 1 aliphatic heterocycles. The number of nitrogens with one attached hydrogen (secondary N) is 2. The van der Waals surface area contributed by atoms with Gasteiger partial charge in [0.2, 0.25) is 5.91 Å². The molecule has 182 valence electrons. The number of likely N-dealkylation sites (tertiary alicyclic amines) is 1. The van der Waals surface area contributed by atoms with E-state index in [4.69, 9.17) is 0 Å². The highest BCUT2D eigenvalue weighted by molar-refractivity contribution is 7.92. The third kappa shape index (κ3) is 5.58. The first-order valence-electron chi connectivity index (χ1n) is 11.9. The van der Waals surface area contributed by atoms with Crippen LogP contribution in [0.2, 0.25) is 0 Å². The van der Waals surface area contributed by atoms with E-state index in [2.05, 4.69) is 15.6 Å². The molecular weight excluding hydrogens is 452 g/mol. The number of amides is 3. The van der Waals surface area contributed by atoms with Crippen molar-refractivity contribution in [2.24, 2.45) is 5.92 Å². The fraction of sp³-hybridized carbons (Fsp3) is 0.480. The van der Waals surface area contributed by atoms with E-state index < -0.39 is 15.8 Å². The molecule has 3 amide bonds. The van der Waals surface area contributed by atoms with E-state index >= 15 is 0 Å². The summed E-state index contributed by atoms with van der Waals surface area (Å²) < 4.78 is 25.2. The summed E-state index contributed by atoms with van der Waals surface area (Å²) in [7, 11) is -3.29. The summed E-state index contributed by atoms with van der Waals surface area (Å²) in [6.45, 7) is 5.64. The van der Waals surface area contributed by atoms with Gasteiger partial charge in [-0.25, -0.2) is 18.2 Å². The molecule has 1 unspecified atom stereocenters. The molecule has 8 nitrogen and oxygen atoms in total. The van der Waals surface area contributed by atoms with Crippen LogP contribution in [-0.4, -0.2) is 55.1 Å². The molecule has 2 fully saturated rings. The van der Waals surface area contributed by atoms with Gasteiger partial charge < -0.3 is 15.5 Å². The average molecular weight is 485 g/mol. The minimum Gasteiger partial charge on any atom is -0.338 e. The Bertz CT molecular complexity index is 1130. The number of rotatable bonds is 8. The molecule has 9 heteroatoms. The second kappa shape index (κ2) is 10.1. The number of hydrogen-bond donors (Lipinski definition) is 2. The van der Waals surface area contributed by atoms with Crippen LogP contribution in [0.5, 0.6) is 0 Å². The topological polar surface area (TPSA) is 108 Å². The maximum absolute atomic E-state index is 13.3. The van der Waals surface area contributed by atoms with Crippen LogP contribution >= 0.6 is 0 Å². The van der Waals surface area contributed by atoms with Gasteiger partial charge in [-0.3, -0.25) is 4.79 Å². The van der Waals surface area contributed by atoms with Gasteiger partial charge in [0.15, 0.2) is 9.84 Å². The molecule has 1 saturated carbocycles. The first kappa shape index (κ1) is 24.2. The molecule has 0 radical (unpaired) electrons. The average Bonchev–Trinajstić information content (AvgIpc) is 3.59. The number of sulfone groups is 1. The highest BCUT2D eigenvalue weighted by atomic mass is 32.2. The van der Waals surface area contributed by atoms with E-state index in [1.807, 2.05) is 19.9 Å². The Morgan fingerprint density at radius 3 is 2.47 bits per heavy atom. The molecule has 0 bridgehead atoms. The quantitative estimate of drug-likeness (QED) is 0.596. The molecule has 1 saturated heterocycles. The molecule has 1 aromatic heterocycles. The standard InChI is InChI=1S/C25H32N4O4S/c1-3-26-25(31)29-13-12-18(16-29)14-22(24(30)28-23-11-4-17(2)15-27-23)19-5-7-20(8-6-19)34(32,33)21-9-10-21/h4-8,11,15,18,21-22H,3,9-10,12-14,16H2,1-2H3,(H,26,31)(H,27,28,30)/t18-,22?/m1/s1. The number of anilines is 1. The summed E-state index contributed by atoms with van der Waals surface area (Å²) in [6.07, 6.45) is 4.49. The molecular formula is C25H32N4O4S. The Morgan fingerprint density at radius 1 is 1.12 bits per heavy atom. The lowest BCUT2D eigenvalue weighted by Crippen LogP contribution is -2.38. The molecule has 1 aliphatic carbocycles. The third-order valence-electron chi connectivity index (χ3n) is 6.52. The van der Waals surface area contributed by atoms with Crippen molar-refractivity contribution in [1.29, 1.82) is 0 Å². The largest absolute Gasteiger partial charge is 0.338 e. The molecule has 2 heterocycles. The second-order valence-electron chi connectivity index (χ2n) is 9.25. The van der Waals surface area contributed by atoms with Gasteiger partial charge in [0.05, 0.1) is 16.1 Å². The van der Waals surface area contributed by atoms with Crippen molar-refractivity contribution < 1.29 is 18.0 Å². The lowest BCUT2D eigenvalue weighted by Gasteiger charge is -2.22. The second-order valence-corrected chi connectivity index (χ2v) is 11.5.